The lowest BCUT2D eigenvalue weighted by Crippen LogP contribution is -2.19. The van der Waals surface area contributed by atoms with E-state index in [4.69, 9.17) is 5.73 Å². The Hall–Kier alpha value is -1.75. The number of nitrogens with zero attached hydrogens (tertiary/aromatic N) is 2. The fraction of sp³-hybridized carbons (Fsp3) is 0.400. The summed E-state index contributed by atoms with van der Waals surface area (Å²) in [6.07, 6.45) is 4.97. The highest BCUT2D eigenvalue weighted by Gasteiger charge is 2.23. The van der Waals surface area contributed by atoms with Gasteiger partial charge in [-0.25, -0.2) is 8.78 Å². The van der Waals surface area contributed by atoms with E-state index >= 15 is 0 Å². The van der Waals surface area contributed by atoms with E-state index in [-0.39, 0.29) is 0 Å². The molecule has 0 aliphatic heterocycles. The summed E-state index contributed by atoms with van der Waals surface area (Å²) in [5.74, 6) is -0.751. The Morgan fingerprint density at radius 3 is 2.70 bits per heavy atom. The van der Waals surface area contributed by atoms with Crippen LogP contribution in [0.15, 0.2) is 24.4 Å². The lowest BCUT2D eigenvalue weighted by Gasteiger charge is -2.21. The number of rotatable bonds is 3. The third-order valence-corrected chi connectivity index (χ3v) is 3.93. The normalized spacial score (nSPS) is 18.1. The summed E-state index contributed by atoms with van der Waals surface area (Å²) in [6.45, 7) is 1.01. The van der Waals surface area contributed by atoms with Crippen LogP contribution in [0.25, 0.3) is 0 Å². The molecule has 3 rings (SSSR count). The van der Waals surface area contributed by atoms with Crippen LogP contribution in [0.4, 0.5) is 8.78 Å². The minimum absolute atomic E-state index is 0.358. The summed E-state index contributed by atoms with van der Waals surface area (Å²) in [5.41, 5.74) is 8.71. The van der Waals surface area contributed by atoms with Gasteiger partial charge in [0.25, 0.3) is 0 Å². The maximum absolute atomic E-state index is 13.2. The molecule has 1 unspecified atom stereocenters. The van der Waals surface area contributed by atoms with Gasteiger partial charge in [0.2, 0.25) is 0 Å². The monoisotopic (exact) mass is 277 g/mol. The summed E-state index contributed by atoms with van der Waals surface area (Å²) in [7, 11) is 0. The topological polar surface area (TPSA) is 43.8 Å². The third kappa shape index (κ3) is 2.45. The Bertz CT molecular complexity index is 601. The molecule has 1 heterocycles. The zero-order valence-electron chi connectivity index (χ0n) is 11.1. The first kappa shape index (κ1) is 13.2. The maximum atomic E-state index is 13.2. The highest BCUT2D eigenvalue weighted by Crippen LogP contribution is 2.30. The van der Waals surface area contributed by atoms with Crippen LogP contribution < -0.4 is 5.73 Å². The molecule has 2 N–H and O–H groups in total. The lowest BCUT2D eigenvalue weighted by molar-refractivity contribution is 0.529. The highest BCUT2D eigenvalue weighted by molar-refractivity contribution is 5.27. The molecule has 1 aromatic heterocycles. The smallest absolute Gasteiger partial charge is 0.126 e. The molecule has 20 heavy (non-hydrogen) atoms. The zero-order valence-corrected chi connectivity index (χ0v) is 11.1. The van der Waals surface area contributed by atoms with Crippen LogP contribution in [0.2, 0.25) is 0 Å². The zero-order chi connectivity index (χ0) is 14.1. The molecule has 0 fully saturated rings. The molecule has 1 aromatic carbocycles. The number of halogens is 2. The largest absolute Gasteiger partial charge is 0.330 e. The summed E-state index contributed by atoms with van der Waals surface area (Å²) in [6, 6.07) is 3.58. The first-order chi connectivity index (χ1) is 9.67. The third-order valence-electron chi connectivity index (χ3n) is 3.93. The predicted octanol–water partition coefficient (Wildman–Crippen LogP) is 2.59. The second-order valence-corrected chi connectivity index (χ2v) is 5.31. The van der Waals surface area contributed by atoms with Crippen molar-refractivity contribution in [3.63, 3.8) is 0 Å². The summed E-state index contributed by atoms with van der Waals surface area (Å²) in [5, 5.41) is 4.37. The minimum Gasteiger partial charge on any atom is -0.330 e. The molecule has 0 bridgehead atoms. The number of hydrogen-bond donors (Lipinski definition) is 1. The maximum Gasteiger partial charge on any atom is 0.126 e. The lowest BCUT2D eigenvalue weighted by atomic mass is 9.87. The standard InChI is InChI=1S/C15H17F2N3/c16-12-4-10(5-13(17)6-12)9-20-15-3-1-2-11(7-18)14(15)8-19-20/h4-6,8,11H,1-3,7,9,18H2. The fourth-order valence-electron chi connectivity index (χ4n) is 2.97. The molecule has 0 saturated heterocycles. The summed E-state index contributed by atoms with van der Waals surface area (Å²) in [4.78, 5) is 0. The van der Waals surface area contributed by atoms with Gasteiger partial charge in [-0.2, -0.15) is 5.10 Å². The van der Waals surface area contributed by atoms with Gasteiger partial charge in [-0.3, -0.25) is 4.68 Å². The van der Waals surface area contributed by atoms with Crippen molar-refractivity contribution < 1.29 is 8.78 Å². The van der Waals surface area contributed by atoms with Crippen LogP contribution in [0.5, 0.6) is 0 Å². The van der Waals surface area contributed by atoms with Crippen LogP contribution >= 0.6 is 0 Å². The van der Waals surface area contributed by atoms with Gasteiger partial charge in [0.05, 0.1) is 12.7 Å². The van der Waals surface area contributed by atoms with Crippen molar-refractivity contribution in [2.45, 2.75) is 31.7 Å². The molecule has 1 aliphatic rings. The Morgan fingerprint density at radius 2 is 2.00 bits per heavy atom. The van der Waals surface area contributed by atoms with Gasteiger partial charge >= 0.3 is 0 Å². The van der Waals surface area contributed by atoms with E-state index in [1.165, 1.54) is 17.7 Å². The van der Waals surface area contributed by atoms with Crippen LogP contribution in [-0.4, -0.2) is 16.3 Å². The number of hydrogen-bond acceptors (Lipinski definition) is 2. The number of aromatic nitrogens is 2. The summed E-state index contributed by atoms with van der Waals surface area (Å²) >= 11 is 0. The molecule has 106 valence electrons. The van der Waals surface area contributed by atoms with E-state index in [0.717, 1.165) is 31.0 Å². The molecule has 1 atom stereocenters. The Morgan fingerprint density at radius 1 is 1.25 bits per heavy atom. The van der Waals surface area contributed by atoms with Gasteiger partial charge in [-0.15, -0.1) is 0 Å². The predicted molar refractivity (Wildman–Crippen MR) is 72.4 cm³/mol. The van der Waals surface area contributed by atoms with Gasteiger partial charge in [-0.05, 0) is 55.0 Å². The van der Waals surface area contributed by atoms with Gasteiger partial charge in [0, 0.05) is 11.8 Å². The molecule has 3 nitrogen and oxygen atoms in total. The second kappa shape index (κ2) is 5.32. The van der Waals surface area contributed by atoms with Crippen molar-refractivity contribution >= 4 is 0 Å². The Kier molecular flexibility index (Phi) is 3.53. The molecular weight excluding hydrogens is 260 g/mol. The van der Waals surface area contributed by atoms with Crippen LogP contribution in [-0.2, 0) is 13.0 Å². The van der Waals surface area contributed by atoms with E-state index in [1.807, 2.05) is 10.9 Å². The average Bonchev–Trinajstić information content (AvgIpc) is 2.81. The van der Waals surface area contributed by atoms with E-state index in [0.29, 0.717) is 24.6 Å². The molecule has 2 aromatic rings. The van der Waals surface area contributed by atoms with Crippen LogP contribution in [0.3, 0.4) is 0 Å². The molecule has 0 saturated carbocycles. The van der Waals surface area contributed by atoms with Gasteiger partial charge in [0.1, 0.15) is 11.6 Å². The van der Waals surface area contributed by atoms with E-state index in [2.05, 4.69) is 5.10 Å². The van der Waals surface area contributed by atoms with Gasteiger partial charge in [0.15, 0.2) is 0 Å². The first-order valence-corrected chi connectivity index (χ1v) is 6.87. The first-order valence-electron chi connectivity index (χ1n) is 6.87. The molecular formula is C15H17F2N3. The van der Waals surface area contributed by atoms with Crippen LogP contribution in [0, 0.1) is 11.6 Å². The Balaban J connectivity index is 1.90. The van der Waals surface area contributed by atoms with Crippen LogP contribution in [0.1, 0.15) is 35.6 Å². The van der Waals surface area contributed by atoms with Gasteiger partial charge < -0.3 is 5.73 Å². The van der Waals surface area contributed by atoms with Crippen molar-refractivity contribution in [3.05, 3.63) is 52.9 Å². The number of nitrogens with two attached hydrogens (primary N) is 1. The van der Waals surface area contributed by atoms with Crippen molar-refractivity contribution in [1.82, 2.24) is 9.78 Å². The van der Waals surface area contributed by atoms with Crippen molar-refractivity contribution in [2.24, 2.45) is 5.73 Å². The molecule has 0 amide bonds. The van der Waals surface area contributed by atoms with Crippen molar-refractivity contribution in [1.29, 1.82) is 0 Å². The number of fused-ring (bicyclic) bond motifs is 1. The van der Waals surface area contributed by atoms with E-state index < -0.39 is 11.6 Å². The second-order valence-electron chi connectivity index (χ2n) is 5.31. The highest BCUT2D eigenvalue weighted by atomic mass is 19.1. The SMILES string of the molecule is NCC1CCCc2c1cnn2Cc1cc(F)cc(F)c1. The molecule has 5 heteroatoms. The van der Waals surface area contributed by atoms with E-state index in [1.54, 1.807) is 0 Å². The minimum atomic E-state index is -0.555. The average molecular weight is 277 g/mol. The van der Waals surface area contributed by atoms with Crippen molar-refractivity contribution in [2.75, 3.05) is 6.54 Å². The molecule has 0 spiro atoms. The van der Waals surface area contributed by atoms with Crippen molar-refractivity contribution in [3.8, 4) is 0 Å². The summed E-state index contributed by atoms with van der Waals surface area (Å²) < 4.78 is 28.3. The fourth-order valence-corrected chi connectivity index (χ4v) is 2.97. The molecule has 1 aliphatic carbocycles. The quantitative estimate of drug-likeness (QED) is 0.937. The number of benzene rings is 1. The van der Waals surface area contributed by atoms with E-state index in [9.17, 15) is 8.78 Å². The molecule has 0 radical (unpaired) electrons. The van der Waals surface area contributed by atoms with Gasteiger partial charge in [-0.1, -0.05) is 0 Å². The Labute approximate surface area is 116 Å².